The summed E-state index contributed by atoms with van der Waals surface area (Å²) in [7, 11) is 0. The summed E-state index contributed by atoms with van der Waals surface area (Å²) in [5, 5.41) is 10.7. The van der Waals surface area contributed by atoms with Crippen LogP contribution in [0.2, 0.25) is 0 Å². The molecule has 0 bridgehead atoms. The third kappa shape index (κ3) is 2.69. The number of nitrogens with one attached hydrogen (secondary N) is 2. The Labute approximate surface area is 110 Å². The summed E-state index contributed by atoms with van der Waals surface area (Å²) in [4.78, 5) is 0. The summed E-state index contributed by atoms with van der Waals surface area (Å²) in [5.41, 5.74) is 4.42. The highest BCUT2D eigenvalue weighted by Crippen LogP contribution is 2.25. The molecular formula is C13H16BrN3. The average Bonchev–Trinajstić information content (AvgIpc) is 2.61. The number of aromatic nitrogens is 2. The fourth-order valence-corrected chi connectivity index (χ4v) is 2.26. The lowest BCUT2D eigenvalue weighted by Crippen LogP contribution is -2.07. The van der Waals surface area contributed by atoms with Crippen molar-refractivity contribution in [2.75, 3.05) is 5.32 Å². The fourth-order valence-electron chi connectivity index (χ4n) is 1.84. The van der Waals surface area contributed by atoms with Crippen molar-refractivity contribution < 1.29 is 0 Å². The number of halogens is 1. The molecular weight excluding hydrogens is 278 g/mol. The summed E-state index contributed by atoms with van der Waals surface area (Å²) in [6, 6.07) is 8.58. The molecule has 1 aromatic heterocycles. The van der Waals surface area contributed by atoms with Crippen LogP contribution in [0.15, 0.2) is 28.7 Å². The van der Waals surface area contributed by atoms with Crippen LogP contribution in [0, 0.1) is 13.8 Å². The molecule has 1 unspecified atom stereocenters. The number of hydrogen-bond donors (Lipinski definition) is 2. The number of anilines is 1. The highest BCUT2D eigenvalue weighted by molar-refractivity contribution is 9.10. The molecule has 0 aliphatic heterocycles. The van der Waals surface area contributed by atoms with Crippen molar-refractivity contribution in [2.24, 2.45) is 0 Å². The van der Waals surface area contributed by atoms with Crippen molar-refractivity contribution in [1.29, 1.82) is 0 Å². The molecule has 17 heavy (non-hydrogen) atoms. The van der Waals surface area contributed by atoms with Crippen molar-refractivity contribution in [3.63, 3.8) is 0 Å². The van der Waals surface area contributed by atoms with E-state index < -0.39 is 0 Å². The van der Waals surface area contributed by atoms with Crippen molar-refractivity contribution >= 4 is 21.6 Å². The molecule has 0 amide bonds. The van der Waals surface area contributed by atoms with E-state index in [1.54, 1.807) is 0 Å². The van der Waals surface area contributed by atoms with Crippen LogP contribution >= 0.6 is 15.9 Å². The third-order valence-corrected chi connectivity index (χ3v) is 3.33. The molecule has 90 valence electrons. The smallest absolute Gasteiger partial charge is 0.0825 e. The zero-order chi connectivity index (χ0) is 12.4. The second kappa shape index (κ2) is 4.92. The maximum atomic E-state index is 4.18. The first-order valence-electron chi connectivity index (χ1n) is 5.61. The molecule has 4 heteroatoms. The van der Waals surface area contributed by atoms with E-state index in [0.29, 0.717) is 0 Å². The molecule has 2 N–H and O–H groups in total. The normalized spacial score (nSPS) is 12.5. The maximum absolute atomic E-state index is 4.18. The molecule has 2 aromatic rings. The predicted octanol–water partition coefficient (Wildman–Crippen LogP) is 3.96. The predicted molar refractivity (Wildman–Crippen MR) is 74.2 cm³/mol. The molecule has 0 spiro atoms. The van der Waals surface area contributed by atoms with Crippen LogP contribution in [0.5, 0.6) is 0 Å². The molecule has 0 saturated heterocycles. The van der Waals surface area contributed by atoms with E-state index in [9.17, 15) is 0 Å². The molecule has 1 atom stereocenters. The number of hydrogen-bond acceptors (Lipinski definition) is 2. The zero-order valence-corrected chi connectivity index (χ0v) is 11.8. The Morgan fingerprint density at radius 3 is 2.71 bits per heavy atom. The van der Waals surface area contributed by atoms with Crippen LogP contribution in [0.3, 0.4) is 0 Å². The molecule has 3 nitrogen and oxygen atoms in total. The van der Waals surface area contributed by atoms with Crippen LogP contribution in [0.25, 0.3) is 0 Å². The monoisotopic (exact) mass is 293 g/mol. The first kappa shape index (κ1) is 12.2. The van der Waals surface area contributed by atoms with Gasteiger partial charge in [-0.25, -0.2) is 0 Å². The van der Waals surface area contributed by atoms with Gasteiger partial charge in [-0.15, -0.1) is 0 Å². The van der Waals surface area contributed by atoms with Gasteiger partial charge in [0, 0.05) is 10.5 Å². The van der Waals surface area contributed by atoms with E-state index in [4.69, 9.17) is 0 Å². The van der Waals surface area contributed by atoms with Gasteiger partial charge in [0.1, 0.15) is 0 Å². The lowest BCUT2D eigenvalue weighted by molar-refractivity contribution is 0.879. The molecule has 0 aliphatic rings. The van der Waals surface area contributed by atoms with Crippen LogP contribution in [-0.2, 0) is 0 Å². The molecule has 0 radical (unpaired) electrons. The van der Waals surface area contributed by atoms with Crippen molar-refractivity contribution in [3.8, 4) is 0 Å². The number of aromatic amines is 1. The van der Waals surface area contributed by atoms with Gasteiger partial charge in [0.25, 0.3) is 0 Å². The highest BCUT2D eigenvalue weighted by Gasteiger charge is 2.11. The van der Waals surface area contributed by atoms with Crippen LogP contribution < -0.4 is 5.32 Å². The second-order valence-electron chi connectivity index (χ2n) is 4.23. The largest absolute Gasteiger partial charge is 0.376 e. The van der Waals surface area contributed by atoms with Gasteiger partial charge in [0.05, 0.1) is 17.1 Å². The Morgan fingerprint density at radius 2 is 2.12 bits per heavy atom. The SMILES string of the molecule is Cc1n[nH]c(C)c1NC(C)c1cccc(Br)c1. The minimum atomic E-state index is 0.252. The number of H-pyrrole nitrogens is 1. The molecule has 0 saturated carbocycles. The summed E-state index contributed by atoms with van der Waals surface area (Å²) in [6.07, 6.45) is 0. The molecule has 1 heterocycles. The van der Waals surface area contributed by atoms with Gasteiger partial charge in [0.15, 0.2) is 0 Å². The quantitative estimate of drug-likeness (QED) is 0.899. The summed E-state index contributed by atoms with van der Waals surface area (Å²) >= 11 is 3.49. The fraction of sp³-hybridized carbons (Fsp3) is 0.308. The van der Waals surface area contributed by atoms with E-state index >= 15 is 0 Å². The van der Waals surface area contributed by atoms with E-state index in [1.165, 1.54) is 5.56 Å². The Kier molecular flexibility index (Phi) is 3.52. The number of benzene rings is 1. The van der Waals surface area contributed by atoms with Crippen LogP contribution in [0.1, 0.15) is 29.9 Å². The topological polar surface area (TPSA) is 40.7 Å². The minimum absolute atomic E-state index is 0.252. The van der Waals surface area contributed by atoms with E-state index in [2.05, 4.69) is 50.5 Å². The van der Waals surface area contributed by atoms with Gasteiger partial charge in [-0.05, 0) is 38.5 Å². The lowest BCUT2D eigenvalue weighted by atomic mass is 10.1. The van der Waals surface area contributed by atoms with E-state index in [-0.39, 0.29) is 6.04 Å². The van der Waals surface area contributed by atoms with E-state index in [0.717, 1.165) is 21.5 Å². The van der Waals surface area contributed by atoms with Gasteiger partial charge >= 0.3 is 0 Å². The van der Waals surface area contributed by atoms with Gasteiger partial charge in [-0.2, -0.15) is 5.10 Å². The average molecular weight is 294 g/mol. The number of aryl methyl sites for hydroxylation is 2. The number of nitrogens with zero attached hydrogens (tertiary/aromatic N) is 1. The molecule has 0 fully saturated rings. The maximum Gasteiger partial charge on any atom is 0.0825 e. The molecule has 2 rings (SSSR count). The van der Waals surface area contributed by atoms with Crippen molar-refractivity contribution in [2.45, 2.75) is 26.8 Å². The first-order valence-corrected chi connectivity index (χ1v) is 6.41. The van der Waals surface area contributed by atoms with Gasteiger partial charge < -0.3 is 5.32 Å². The highest BCUT2D eigenvalue weighted by atomic mass is 79.9. The Balaban J connectivity index is 2.20. The molecule has 0 aliphatic carbocycles. The summed E-state index contributed by atoms with van der Waals surface area (Å²) in [6.45, 7) is 6.17. The first-order chi connectivity index (χ1) is 8.08. The Hall–Kier alpha value is -1.29. The minimum Gasteiger partial charge on any atom is -0.376 e. The van der Waals surface area contributed by atoms with Crippen molar-refractivity contribution in [1.82, 2.24) is 10.2 Å². The summed E-state index contributed by atoms with van der Waals surface area (Å²) in [5.74, 6) is 0. The van der Waals surface area contributed by atoms with Crippen LogP contribution in [0.4, 0.5) is 5.69 Å². The van der Waals surface area contributed by atoms with Gasteiger partial charge in [0.2, 0.25) is 0 Å². The number of rotatable bonds is 3. The molecule has 1 aromatic carbocycles. The Bertz CT molecular complexity index is 500. The van der Waals surface area contributed by atoms with Gasteiger partial charge in [-0.3, -0.25) is 5.10 Å². The standard InChI is InChI=1S/C13H16BrN3/c1-8(11-5-4-6-12(14)7-11)15-13-9(2)16-17-10(13)3/h4-8,15H,1-3H3,(H,16,17). The third-order valence-electron chi connectivity index (χ3n) is 2.84. The van der Waals surface area contributed by atoms with Crippen LogP contribution in [-0.4, -0.2) is 10.2 Å². The Morgan fingerprint density at radius 1 is 1.35 bits per heavy atom. The van der Waals surface area contributed by atoms with Crippen molar-refractivity contribution in [3.05, 3.63) is 45.7 Å². The summed E-state index contributed by atoms with van der Waals surface area (Å²) < 4.78 is 1.10. The lowest BCUT2D eigenvalue weighted by Gasteiger charge is -2.16. The van der Waals surface area contributed by atoms with E-state index in [1.807, 2.05) is 26.0 Å². The zero-order valence-electron chi connectivity index (χ0n) is 10.2. The second-order valence-corrected chi connectivity index (χ2v) is 5.15. The van der Waals surface area contributed by atoms with Gasteiger partial charge in [-0.1, -0.05) is 28.1 Å².